The number of nitrogens with zero attached hydrogens (tertiary/aromatic N) is 1. The Morgan fingerprint density at radius 1 is 1.44 bits per heavy atom. The van der Waals surface area contributed by atoms with Gasteiger partial charge in [-0.15, -0.1) is 11.8 Å². The molecule has 1 aliphatic rings. The molecule has 1 fully saturated rings. The first-order chi connectivity index (χ1) is 7.36. The normalized spacial score (nSPS) is 18.9. The lowest BCUT2D eigenvalue weighted by Crippen LogP contribution is -2.30. The molecule has 0 aliphatic heterocycles. The van der Waals surface area contributed by atoms with Gasteiger partial charge < -0.3 is 10.0 Å². The third-order valence-corrected chi connectivity index (χ3v) is 4.39. The summed E-state index contributed by atoms with van der Waals surface area (Å²) in [7, 11) is 3.48. The van der Waals surface area contributed by atoms with E-state index in [1.54, 1.807) is 30.8 Å². The molecule has 1 aliphatic carbocycles. The van der Waals surface area contributed by atoms with Crippen molar-refractivity contribution in [3.63, 3.8) is 0 Å². The SMILES string of the molecule is CC(SCC1(CC(=O)O)CC1)C(=O)N(C)C. The predicted molar refractivity (Wildman–Crippen MR) is 64.5 cm³/mol. The highest BCUT2D eigenvalue weighted by Gasteiger charge is 2.44. The summed E-state index contributed by atoms with van der Waals surface area (Å²) in [6.07, 6.45) is 2.20. The standard InChI is InChI=1S/C11H19NO3S/c1-8(10(15)12(2)3)16-7-11(4-5-11)6-9(13)14/h8H,4-7H2,1-3H3,(H,13,14). The maximum Gasteiger partial charge on any atom is 0.303 e. The molecule has 0 radical (unpaired) electrons. The maximum atomic E-state index is 11.6. The lowest BCUT2D eigenvalue weighted by atomic mass is 10.1. The van der Waals surface area contributed by atoms with Gasteiger partial charge in [0.25, 0.3) is 0 Å². The van der Waals surface area contributed by atoms with E-state index in [9.17, 15) is 9.59 Å². The summed E-state index contributed by atoms with van der Waals surface area (Å²) < 4.78 is 0. The molecule has 1 rings (SSSR count). The fourth-order valence-corrected chi connectivity index (χ4v) is 2.95. The van der Waals surface area contributed by atoms with Gasteiger partial charge in [0.15, 0.2) is 0 Å². The van der Waals surface area contributed by atoms with E-state index in [1.165, 1.54) is 0 Å². The number of rotatable bonds is 6. The third-order valence-electron chi connectivity index (χ3n) is 2.91. The van der Waals surface area contributed by atoms with Crippen LogP contribution in [0.4, 0.5) is 0 Å². The van der Waals surface area contributed by atoms with Crippen molar-refractivity contribution >= 4 is 23.6 Å². The highest BCUT2D eigenvalue weighted by Crippen LogP contribution is 2.51. The van der Waals surface area contributed by atoms with Gasteiger partial charge in [-0.2, -0.15) is 0 Å². The van der Waals surface area contributed by atoms with Gasteiger partial charge in [-0.25, -0.2) is 0 Å². The van der Waals surface area contributed by atoms with Gasteiger partial charge in [-0.3, -0.25) is 9.59 Å². The van der Waals surface area contributed by atoms with E-state index in [1.807, 2.05) is 6.92 Å². The summed E-state index contributed by atoms with van der Waals surface area (Å²) in [6.45, 7) is 1.88. The van der Waals surface area contributed by atoms with E-state index in [0.29, 0.717) is 0 Å². The van der Waals surface area contributed by atoms with Gasteiger partial charge in [-0.05, 0) is 25.2 Å². The zero-order valence-corrected chi connectivity index (χ0v) is 10.8. The first-order valence-corrected chi connectivity index (χ1v) is 6.46. The van der Waals surface area contributed by atoms with Crippen LogP contribution in [0.5, 0.6) is 0 Å². The largest absolute Gasteiger partial charge is 0.481 e. The Bertz CT molecular complexity index is 287. The van der Waals surface area contributed by atoms with Gasteiger partial charge in [0, 0.05) is 19.8 Å². The Kier molecular flexibility index (Phi) is 4.24. The molecule has 0 bridgehead atoms. The van der Waals surface area contributed by atoms with Crippen LogP contribution in [0, 0.1) is 5.41 Å². The van der Waals surface area contributed by atoms with Crippen LogP contribution < -0.4 is 0 Å². The Morgan fingerprint density at radius 2 is 2.00 bits per heavy atom. The van der Waals surface area contributed by atoms with Crippen molar-refractivity contribution in [2.45, 2.75) is 31.4 Å². The van der Waals surface area contributed by atoms with Crippen molar-refractivity contribution in [3.8, 4) is 0 Å². The summed E-state index contributed by atoms with van der Waals surface area (Å²) in [5.41, 5.74) is -0.0304. The van der Waals surface area contributed by atoms with Gasteiger partial charge in [0.05, 0.1) is 11.7 Å². The van der Waals surface area contributed by atoms with Crippen LogP contribution in [-0.2, 0) is 9.59 Å². The molecule has 0 heterocycles. The number of aliphatic carboxylic acids is 1. The Labute approximate surface area is 100 Å². The van der Waals surface area contributed by atoms with Crippen LogP contribution in [0.1, 0.15) is 26.2 Å². The van der Waals surface area contributed by atoms with Gasteiger partial charge in [0.1, 0.15) is 0 Å². The number of hydrogen-bond acceptors (Lipinski definition) is 3. The fourth-order valence-electron chi connectivity index (χ4n) is 1.61. The molecule has 92 valence electrons. The highest BCUT2D eigenvalue weighted by molar-refractivity contribution is 8.00. The van der Waals surface area contributed by atoms with E-state index >= 15 is 0 Å². The summed E-state index contributed by atoms with van der Waals surface area (Å²) >= 11 is 1.57. The molecular formula is C11H19NO3S. The zero-order chi connectivity index (χ0) is 12.3. The number of hydrogen-bond donors (Lipinski definition) is 1. The van der Waals surface area contributed by atoms with E-state index in [-0.39, 0.29) is 23.0 Å². The van der Waals surface area contributed by atoms with Crippen molar-refractivity contribution in [1.82, 2.24) is 4.90 Å². The number of carboxylic acids is 1. The van der Waals surface area contributed by atoms with Crippen LogP contribution in [0.15, 0.2) is 0 Å². The zero-order valence-electron chi connectivity index (χ0n) is 10.0. The molecule has 1 saturated carbocycles. The molecule has 0 spiro atoms. The molecule has 0 aromatic carbocycles. The van der Waals surface area contributed by atoms with Gasteiger partial charge in [-0.1, -0.05) is 0 Å². The average Bonchev–Trinajstić information content (AvgIpc) is 2.92. The second-order valence-electron chi connectivity index (χ2n) is 4.76. The summed E-state index contributed by atoms with van der Waals surface area (Å²) in [5.74, 6) is 0.140. The topological polar surface area (TPSA) is 57.6 Å². The number of amides is 1. The Hall–Kier alpha value is -0.710. The summed E-state index contributed by atoms with van der Waals surface area (Å²) in [4.78, 5) is 23.8. The lowest BCUT2D eigenvalue weighted by Gasteiger charge is -2.19. The maximum absolute atomic E-state index is 11.6. The molecule has 4 nitrogen and oxygen atoms in total. The molecular weight excluding hydrogens is 226 g/mol. The fraction of sp³-hybridized carbons (Fsp3) is 0.818. The minimum Gasteiger partial charge on any atom is -0.481 e. The second-order valence-corrected chi connectivity index (χ2v) is 6.09. The molecule has 1 N–H and O–H groups in total. The summed E-state index contributed by atoms with van der Waals surface area (Å²) in [5, 5.41) is 8.69. The smallest absolute Gasteiger partial charge is 0.303 e. The third kappa shape index (κ3) is 3.70. The van der Waals surface area contributed by atoms with E-state index in [0.717, 1.165) is 18.6 Å². The van der Waals surface area contributed by atoms with Crippen molar-refractivity contribution in [2.75, 3.05) is 19.8 Å². The first kappa shape index (κ1) is 13.4. The quantitative estimate of drug-likeness (QED) is 0.769. The number of carbonyl (C=O) groups excluding carboxylic acids is 1. The first-order valence-electron chi connectivity index (χ1n) is 5.41. The second kappa shape index (κ2) is 5.08. The Balaban J connectivity index is 2.34. The average molecular weight is 245 g/mol. The molecule has 1 amide bonds. The van der Waals surface area contributed by atoms with Crippen LogP contribution in [0.25, 0.3) is 0 Å². The molecule has 0 aromatic heterocycles. The van der Waals surface area contributed by atoms with Gasteiger partial charge >= 0.3 is 5.97 Å². The molecule has 1 unspecified atom stereocenters. The molecule has 0 aromatic rings. The number of carboxylic acid groups (broad SMARTS) is 1. The van der Waals surface area contributed by atoms with Crippen molar-refractivity contribution in [2.24, 2.45) is 5.41 Å². The molecule has 5 heteroatoms. The number of thioether (sulfide) groups is 1. The predicted octanol–water partition coefficient (Wildman–Crippen LogP) is 1.45. The minimum absolute atomic E-state index is 0.0304. The monoisotopic (exact) mass is 245 g/mol. The number of carbonyl (C=O) groups is 2. The van der Waals surface area contributed by atoms with E-state index < -0.39 is 5.97 Å². The van der Waals surface area contributed by atoms with E-state index in [4.69, 9.17) is 5.11 Å². The van der Waals surface area contributed by atoms with Crippen LogP contribution >= 0.6 is 11.8 Å². The van der Waals surface area contributed by atoms with Crippen molar-refractivity contribution < 1.29 is 14.7 Å². The van der Waals surface area contributed by atoms with Crippen LogP contribution in [0.2, 0.25) is 0 Å². The van der Waals surface area contributed by atoms with Gasteiger partial charge in [0.2, 0.25) is 5.91 Å². The highest BCUT2D eigenvalue weighted by atomic mass is 32.2. The minimum atomic E-state index is -0.732. The molecule has 1 atom stereocenters. The van der Waals surface area contributed by atoms with Crippen LogP contribution in [0.3, 0.4) is 0 Å². The van der Waals surface area contributed by atoms with Crippen molar-refractivity contribution in [3.05, 3.63) is 0 Å². The summed E-state index contributed by atoms with van der Waals surface area (Å²) in [6, 6.07) is 0. The molecule has 0 saturated heterocycles. The van der Waals surface area contributed by atoms with Crippen molar-refractivity contribution in [1.29, 1.82) is 0 Å². The Morgan fingerprint density at radius 3 is 2.38 bits per heavy atom. The lowest BCUT2D eigenvalue weighted by molar-refractivity contribution is -0.138. The van der Waals surface area contributed by atoms with Crippen LogP contribution in [-0.4, -0.2) is 47.0 Å². The van der Waals surface area contributed by atoms with E-state index in [2.05, 4.69) is 0 Å². The molecule has 16 heavy (non-hydrogen) atoms.